The molecule has 0 fully saturated rings. The second kappa shape index (κ2) is 6.49. The molecule has 20 heavy (non-hydrogen) atoms. The Kier molecular flexibility index (Phi) is 5.46. The average molecular weight is 323 g/mol. The zero-order valence-electron chi connectivity index (χ0n) is 11.2. The summed E-state index contributed by atoms with van der Waals surface area (Å²) in [4.78, 5) is 9.97. The molecule has 1 N–H and O–H groups in total. The predicted molar refractivity (Wildman–Crippen MR) is 74.5 cm³/mol. The van der Waals surface area contributed by atoms with Crippen LogP contribution in [0.15, 0.2) is 17.0 Å². The van der Waals surface area contributed by atoms with Gasteiger partial charge in [0.1, 0.15) is 0 Å². The molecule has 9 heteroatoms. The van der Waals surface area contributed by atoms with Gasteiger partial charge in [0.15, 0.2) is 0 Å². The van der Waals surface area contributed by atoms with Crippen LogP contribution in [0.1, 0.15) is 12.5 Å². The number of halogens is 1. The van der Waals surface area contributed by atoms with Crippen molar-refractivity contribution in [2.24, 2.45) is 0 Å². The summed E-state index contributed by atoms with van der Waals surface area (Å²) >= 11 is 5.85. The highest BCUT2D eigenvalue weighted by atomic mass is 35.5. The molecule has 0 aliphatic rings. The summed E-state index contributed by atoms with van der Waals surface area (Å²) in [5.74, 6) is 0. The van der Waals surface area contributed by atoms with Gasteiger partial charge in [0, 0.05) is 24.8 Å². The van der Waals surface area contributed by atoms with E-state index < -0.39 is 21.0 Å². The molecular weight excluding hydrogens is 308 g/mol. The van der Waals surface area contributed by atoms with Crippen molar-refractivity contribution in [3.05, 3.63) is 32.8 Å². The molecule has 0 unspecified atom stereocenters. The molecule has 0 saturated carbocycles. The third-order valence-corrected chi connectivity index (χ3v) is 4.53. The Morgan fingerprint density at radius 2 is 2.10 bits per heavy atom. The van der Waals surface area contributed by atoms with Crippen LogP contribution in [-0.4, -0.2) is 33.1 Å². The van der Waals surface area contributed by atoms with E-state index in [0.29, 0.717) is 0 Å². The molecule has 0 heterocycles. The second-order valence-corrected chi connectivity index (χ2v) is 6.41. The molecule has 0 aliphatic heterocycles. The fourth-order valence-corrected chi connectivity index (χ4v) is 3.15. The highest BCUT2D eigenvalue weighted by molar-refractivity contribution is 7.89. The first-order chi connectivity index (χ1) is 9.19. The minimum absolute atomic E-state index is 0.0268. The van der Waals surface area contributed by atoms with Gasteiger partial charge in [0.25, 0.3) is 5.69 Å². The van der Waals surface area contributed by atoms with E-state index in [2.05, 4.69) is 4.72 Å². The number of nitrogens with zero attached hydrogens (tertiary/aromatic N) is 1. The fraction of sp³-hybridized carbons (Fsp3) is 0.455. The van der Waals surface area contributed by atoms with Gasteiger partial charge >= 0.3 is 0 Å². The Balaban J connectivity index is 3.22. The van der Waals surface area contributed by atoms with Crippen LogP contribution in [0.2, 0.25) is 5.02 Å². The zero-order valence-corrected chi connectivity index (χ0v) is 12.8. The van der Waals surface area contributed by atoms with Crippen LogP contribution in [-0.2, 0) is 14.8 Å². The van der Waals surface area contributed by atoms with Crippen molar-refractivity contribution >= 4 is 27.3 Å². The normalized spacial score (nSPS) is 13.2. The van der Waals surface area contributed by atoms with Gasteiger partial charge in [-0.3, -0.25) is 10.1 Å². The van der Waals surface area contributed by atoms with Crippen molar-refractivity contribution in [2.75, 3.05) is 13.7 Å². The second-order valence-electron chi connectivity index (χ2n) is 4.28. The molecule has 0 saturated heterocycles. The molecule has 1 atom stereocenters. The number of rotatable bonds is 6. The van der Waals surface area contributed by atoms with Crippen LogP contribution >= 0.6 is 11.6 Å². The van der Waals surface area contributed by atoms with E-state index in [1.807, 2.05) is 0 Å². The Morgan fingerprint density at radius 3 is 2.60 bits per heavy atom. The van der Waals surface area contributed by atoms with Crippen molar-refractivity contribution < 1.29 is 18.1 Å². The van der Waals surface area contributed by atoms with Gasteiger partial charge in [-0.15, -0.1) is 0 Å². The predicted octanol–water partition coefficient (Wildman–Crippen LogP) is 1.87. The number of hydrogen-bond donors (Lipinski definition) is 1. The number of nitro groups is 1. The van der Waals surface area contributed by atoms with Gasteiger partial charge in [-0.25, -0.2) is 13.1 Å². The van der Waals surface area contributed by atoms with E-state index in [9.17, 15) is 18.5 Å². The quantitative estimate of drug-likeness (QED) is 0.636. The van der Waals surface area contributed by atoms with E-state index in [-0.39, 0.29) is 27.8 Å². The Hall–Kier alpha value is -1.22. The topological polar surface area (TPSA) is 98.5 Å². The standard InChI is InChI=1S/C11H15ClN2O5S/c1-7(6-19-3)13-20(17,18)9-4-10(12)8(2)11(5-9)14(15)16/h4-5,7,13H,6H2,1-3H3/t7-/m0/s1. The molecular formula is C11H15ClN2O5S. The molecule has 0 aliphatic carbocycles. The molecule has 1 aromatic carbocycles. The van der Waals surface area contributed by atoms with E-state index in [4.69, 9.17) is 16.3 Å². The minimum atomic E-state index is -3.90. The maximum Gasteiger partial charge on any atom is 0.275 e. The van der Waals surface area contributed by atoms with Gasteiger partial charge in [0.2, 0.25) is 10.0 Å². The Bertz CT molecular complexity index is 617. The lowest BCUT2D eigenvalue weighted by Crippen LogP contribution is -2.35. The first-order valence-corrected chi connectivity index (χ1v) is 7.51. The molecule has 1 rings (SSSR count). The fourth-order valence-electron chi connectivity index (χ4n) is 1.60. The molecule has 0 amide bonds. The lowest BCUT2D eigenvalue weighted by molar-refractivity contribution is -0.385. The van der Waals surface area contributed by atoms with Gasteiger partial charge < -0.3 is 4.74 Å². The first kappa shape index (κ1) is 16.8. The molecule has 1 aromatic rings. The van der Waals surface area contributed by atoms with Crippen LogP contribution in [0.5, 0.6) is 0 Å². The van der Waals surface area contributed by atoms with Crippen molar-refractivity contribution in [1.29, 1.82) is 0 Å². The SMILES string of the molecule is COC[C@H](C)NS(=O)(=O)c1cc(Cl)c(C)c([N+](=O)[O-])c1. The van der Waals surface area contributed by atoms with Gasteiger partial charge in [-0.1, -0.05) is 11.6 Å². The number of sulfonamides is 1. The molecule has 0 radical (unpaired) electrons. The number of nitro benzene ring substituents is 1. The zero-order chi connectivity index (χ0) is 15.5. The van der Waals surface area contributed by atoms with Crippen LogP contribution in [0, 0.1) is 17.0 Å². The Morgan fingerprint density at radius 1 is 1.50 bits per heavy atom. The van der Waals surface area contributed by atoms with E-state index in [0.717, 1.165) is 6.07 Å². The number of benzene rings is 1. The molecule has 7 nitrogen and oxygen atoms in total. The van der Waals surface area contributed by atoms with Crippen LogP contribution in [0.4, 0.5) is 5.69 Å². The van der Waals surface area contributed by atoms with E-state index in [1.165, 1.54) is 20.1 Å². The Labute approximate surface area is 122 Å². The van der Waals surface area contributed by atoms with Crippen LogP contribution in [0.25, 0.3) is 0 Å². The number of hydrogen-bond acceptors (Lipinski definition) is 5. The maximum atomic E-state index is 12.1. The van der Waals surface area contributed by atoms with E-state index >= 15 is 0 Å². The molecule has 0 aromatic heterocycles. The van der Waals surface area contributed by atoms with Crippen LogP contribution in [0.3, 0.4) is 0 Å². The third kappa shape index (κ3) is 3.89. The first-order valence-electron chi connectivity index (χ1n) is 5.65. The van der Waals surface area contributed by atoms with Gasteiger partial charge in [-0.2, -0.15) is 0 Å². The monoisotopic (exact) mass is 322 g/mol. The highest BCUT2D eigenvalue weighted by Crippen LogP contribution is 2.29. The van der Waals surface area contributed by atoms with Crippen molar-refractivity contribution in [3.8, 4) is 0 Å². The summed E-state index contributed by atoms with van der Waals surface area (Å²) in [5, 5.41) is 10.9. The number of nitrogens with one attached hydrogen (secondary N) is 1. The van der Waals surface area contributed by atoms with Gasteiger partial charge in [-0.05, 0) is 19.9 Å². The minimum Gasteiger partial charge on any atom is -0.383 e. The number of methoxy groups -OCH3 is 1. The summed E-state index contributed by atoms with van der Waals surface area (Å²) in [6.45, 7) is 3.25. The molecule has 112 valence electrons. The van der Waals surface area contributed by atoms with Crippen molar-refractivity contribution in [2.45, 2.75) is 24.8 Å². The lowest BCUT2D eigenvalue weighted by Gasteiger charge is -2.13. The molecule has 0 spiro atoms. The van der Waals surface area contributed by atoms with Gasteiger partial charge in [0.05, 0.1) is 21.4 Å². The summed E-state index contributed by atoms with van der Waals surface area (Å²) in [5.41, 5.74) is -0.113. The smallest absolute Gasteiger partial charge is 0.275 e. The average Bonchev–Trinajstić information content (AvgIpc) is 2.31. The molecule has 0 bridgehead atoms. The van der Waals surface area contributed by atoms with Crippen molar-refractivity contribution in [1.82, 2.24) is 4.72 Å². The lowest BCUT2D eigenvalue weighted by atomic mass is 10.2. The number of ether oxygens (including phenoxy) is 1. The summed E-state index contributed by atoms with van der Waals surface area (Å²) in [6.07, 6.45) is 0. The highest BCUT2D eigenvalue weighted by Gasteiger charge is 2.23. The summed E-state index contributed by atoms with van der Waals surface area (Å²) in [7, 11) is -2.45. The van der Waals surface area contributed by atoms with E-state index in [1.54, 1.807) is 6.92 Å². The third-order valence-electron chi connectivity index (χ3n) is 2.57. The summed E-state index contributed by atoms with van der Waals surface area (Å²) in [6, 6.07) is 1.71. The summed E-state index contributed by atoms with van der Waals surface area (Å²) < 4.78 is 31.4. The van der Waals surface area contributed by atoms with Crippen molar-refractivity contribution in [3.63, 3.8) is 0 Å². The maximum absolute atomic E-state index is 12.1. The largest absolute Gasteiger partial charge is 0.383 e. The van der Waals surface area contributed by atoms with Crippen LogP contribution < -0.4 is 4.72 Å².